The first-order valence-corrected chi connectivity index (χ1v) is 7.92. The van der Waals surface area contributed by atoms with Gasteiger partial charge >= 0.3 is 0 Å². The van der Waals surface area contributed by atoms with Crippen LogP contribution in [-0.2, 0) is 10.0 Å². The molecule has 2 aromatic rings. The lowest BCUT2D eigenvalue weighted by atomic mass is 10.2. The van der Waals surface area contributed by atoms with E-state index in [1.54, 1.807) is 50.6 Å². The minimum Gasteiger partial charge on any atom is -0.497 e. The van der Waals surface area contributed by atoms with Gasteiger partial charge in [0.1, 0.15) is 16.4 Å². The Balaban J connectivity index is 2.01. The summed E-state index contributed by atoms with van der Waals surface area (Å²) in [5, 5.41) is 3.01. The Morgan fingerprint density at radius 1 is 1.00 bits per heavy atom. The average Bonchev–Trinajstić information content (AvgIpc) is 2.78. The van der Waals surface area contributed by atoms with Crippen molar-refractivity contribution in [3.8, 4) is 11.5 Å². The van der Waals surface area contributed by atoms with Gasteiger partial charge in [0, 0.05) is 29.4 Å². The number of anilines is 1. The highest BCUT2D eigenvalue weighted by Crippen LogP contribution is 2.29. The standard InChI is InChI=1S/C15H14N2O4S/c1-20-11-7-10(8-12(9-11)21-2)16-15-13-5-3-4-6-14(13)22(18,19)17-15/h3-9H,1-2H3,(H,16,17). The van der Waals surface area contributed by atoms with Crippen molar-refractivity contribution in [2.24, 2.45) is 4.40 Å². The highest BCUT2D eigenvalue weighted by atomic mass is 32.2. The number of methoxy groups -OCH3 is 2. The molecule has 0 bridgehead atoms. The third-order valence-corrected chi connectivity index (χ3v) is 4.58. The zero-order valence-electron chi connectivity index (χ0n) is 12.0. The average molecular weight is 318 g/mol. The quantitative estimate of drug-likeness (QED) is 0.939. The van der Waals surface area contributed by atoms with Crippen molar-refractivity contribution >= 4 is 21.5 Å². The normalized spacial score (nSPS) is 14.9. The molecular weight excluding hydrogens is 304 g/mol. The number of rotatable bonds is 3. The Kier molecular flexibility index (Phi) is 3.50. The monoisotopic (exact) mass is 318 g/mol. The molecule has 1 N–H and O–H groups in total. The molecule has 1 aliphatic rings. The lowest BCUT2D eigenvalue weighted by molar-refractivity contribution is 0.395. The van der Waals surface area contributed by atoms with Gasteiger partial charge in [-0.05, 0) is 12.1 Å². The van der Waals surface area contributed by atoms with Crippen molar-refractivity contribution < 1.29 is 17.9 Å². The van der Waals surface area contributed by atoms with Gasteiger partial charge in [0.15, 0.2) is 5.84 Å². The zero-order chi connectivity index (χ0) is 15.7. The number of hydrogen-bond donors (Lipinski definition) is 1. The van der Waals surface area contributed by atoms with Crippen LogP contribution in [0.15, 0.2) is 51.8 Å². The summed E-state index contributed by atoms with van der Waals surface area (Å²) in [5.41, 5.74) is 1.17. The minimum absolute atomic E-state index is 0.201. The fraction of sp³-hybridized carbons (Fsp3) is 0.133. The van der Waals surface area contributed by atoms with E-state index >= 15 is 0 Å². The molecule has 0 amide bonds. The minimum atomic E-state index is -3.64. The molecule has 6 nitrogen and oxygen atoms in total. The second-order valence-electron chi connectivity index (χ2n) is 4.64. The van der Waals surface area contributed by atoms with Crippen LogP contribution in [0.3, 0.4) is 0 Å². The number of amidine groups is 1. The van der Waals surface area contributed by atoms with Gasteiger partial charge in [-0.25, -0.2) is 0 Å². The van der Waals surface area contributed by atoms with Gasteiger partial charge in [-0.15, -0.1) is 4.40 Å². The predicted octanol–water partition coefficient (Wildman–Crippen LogP) is 2.26. The van der Waals surface area contributed by atoms with Crippen molar-refractivity contribution in [2.45, 2.75) is 4.90 Å². The van der Waals surface area contributed by atoms with Crippen LogP contribution in [0.5, 0.6) is 11.5 Å². The summed E-state index contributed by atoms with van der Waals surface area (Å²) < 4.78 is 38.2. The van der Waals surface area contributed by atoms with Crippen LogP contribution in [0.2, 0.25) is 0 Å². The Labute approximate surface area is 128 Å². The summed E-state index contributed by atoms with van der Waals surface area (Å²) in [6, 6.07) is 11.9. The van der Waals surface area contributed by atoms with Gasteiger partial charge in [-0.3, -0.25) is 0 Å². The number of hydrogen-bond acceptors (Lipinski definition) is 5. The topological polar surface area (TPSA) is 77.0 Å². The van der Waals surface area contributed by atoms with Crippen molar-refractivity contribution in [1.82, 2.24) is 0 Å². The highest BCUT2D eigenvalue weighted by molar-refractivity contribution is 7.90. The molecular formula is C15H14N2O4S. The third kappa shape index (κ3) is 2.50. The number of sulfonamides is 1. The molecule has 0 atom stereocenters. The predicted molar refractivity (Wildman–Crippen MR) is 83.3 cm³/mol. The summed E-state index contributed by atoms with van der Waals surface area (Å²) in [4.78, 5) is 0.201. The zero-order valence-corrected chi connectivity index (χ0v) is 12.8. The van der Waals surface area contributed by atoms with Crippen LogP contribution < -0.4 is 14.8 Å². The van der Waals surface area contributed by atoms with Crippen molar-refractivity contribution in [3.05, 3.63) is 48.0 Å². The fourth-order valence-electron chi connectivity index (χ4n) is 2.21. The van der Waals surface area contributed by atoms with Gasteiger partial charge < -0.3 is 14.8 Å². The lowest BCUT2D eigenvalue weighted by Gasteiger charge is -2.10. The molecule has 7 heteroatoms. The van der Waals surface area contributed by atoms with Crippen LogP contribution >= 0.6 is 0 Å². The number of fused-ring (bicyclic) bond motifs is 1. The molecule has 0 aliphatic carbocycles. The molecule has 114 valence electrons. The maximum atomic E-state index is 12.0. The van der Waals surface area contributed by atoms with E-state index < -0.39 is 10.0 Å². The number of ether oxygens (including phenoxy) is 2. The van der Waals surface area contributed by atoms with E-state index in [-0.39, 0.29) is 10.7 Å². The summed E-state index contributed by atoms with van der Waals surface area (Å²) in [7, 11) is -0.549. The summed E-state index contributed by atoms with van der Waals surface area (Å²) in [6.45, 7) is 0. The Bertz CT molecular complexity index is 837. The number of nitrogens with one attached hydrogen (secondary N) is 1. The molecule has 0 saturated heterocycles. The molecule has 0 radical (unpaired) electrons. The second-order valence-corrected chi connectivity index (χ2v) is 6.21. The summed E-state index contributed by atoms with van der Waals surface area (Å²) >= 11 is 0. The maximum absolute atomic E-state index is 12.0. The van der Waals surface area contributed by atoms with Crippen LogP contribution in [0.1, 0.15) is 5.56 Å². The van der Waals surface area contributed by atoms with Crippen LogP contribution in [0.4, 0.5) is 5.69 Å². The SMILES string of the molecule is COc1cc(NC2=NS(=O)(=O)c3ccccc32)cc(OC)c1. The van der Waals surface area contributed by atoms with E-state index in [1.807, 2.05) is 0 Å². The van der Waals surface area contributed by atoms with Crippen LogP contribution in [0, 0.1) is 0 Å². The Hall–Kier alpha value is -2.54. The van der Waals surface area contributed by atoms with Gasteiger partial charge in [0.05, 0.1) is 14.2 Å². The van der Waals surface area contributed by atoms with E-state index in [1.165, 1.54) is 6.07 Å². The van der Waals surface area contributed by atoms with E-state index in [0.717, 1.165) is 0 Å². The molecule has 2 aromatic carbocycles. The maximum Gasteiger partial charge on any atom is 0.285 e. The van der Waals surface area contributed by atoms with Crippen LogP contribution in [-0.4, -0.2) is 28.5 Å². The highest BCUT2D eigenvalue weighted by Gasteiger charge is 2.28. The smallest absolute Gasteiger partial charge is 0.285 e. The first-order valence-electron chi connectivity index (χ1n) is 6.48. The second kappa shape index (κ2) is 5.34. The molecule has 0 unspecified atom stereocenters. The first kappa shape index (κ1) is 14.4. The number of benzene rings is 2. The van der Waals surface area contributed by atoms with Gasteiger partial charge in [0.25, 0.3) is 10.0 Å². The first-order chi connectivity index (χ1) is 10.5. The number of nitrogens with zero attached hydrogens (tertiary/aromatic N) is 1. The molecule has 0 fully saturated rings. The third-order valence-electron chi connectivity index (χ3n) is 3.25. The largest absolute Gasteiger partial charge is 0.497 e. The van der Waals surface area contributed by atoms with Gasteiger partial charge in [-0.1, -0.05) is 12.1 Å². The van der Waals surface area contributed by atoms with Crippen molar-refractivity contribution in [3.63, 3.8) is 0 Å². The van der Waals surface area contributed by atoms with E-state index in [9.17, 15) is 8.42 Å². The van der Waals surface area contributed by atoms with Crippen LogP contribution in [0.25, 0.3) is 0 Å². The molecule has 22 heavy (non-hydrogen) atoms. The fourth-order valence-corrected chi connectivity index (χ4v) is 3.39. The van der Waals surface area contributed by atoms with Crippen molar-refractivity contribution in [2.75, 3.05) is 19.5 Å². The summed E-state index contributed by atoms with van der Waals surface area (Å²) in [5.74, 6) is 1.47. The molecule has 1 heterocycles. The molecule has 0 saturated carbocycles. The van der Waals surface area contributed by atoms with E-state index in [4.69, 9.17) is 9.47 Å². The molecule has 3 rings (SSSR count). The molecule has 0 spiro atoms. The Morgan fingerprint density at radius 2 is 1.64 bits per heavy atom. The molecule has 0 aromatic heterocycles. The van der Waals surface area contributed by atoms with E-state index in [0.29, 0.717) is 22.7 Å². The lowest BCUT2D eigenvalue weighted by Crippen LogP contribution is -2.11. The Morgan fingerprint density at radius 3 is 2.27 bits per heavy atom. The van der Waals surface area contributed by atoms with Gasteiger partial charge in [0.2, 0.25) is 0 Å². The van der Waals surface area contributed by atoms with Gasteiger partial charge in [-0.2, -0.15) is 8.42 Å². The van der Waals surface area contributed by atoms with Crippen molar-refractivity contribution in [1.29, 1.82) is 0 Å². The summed E-state index contributed by atoms with van der Waals surface area (Å²) in [6.07, 6.45) is 0. The molecule has 1 aliphatic heterocycles. The van der Waals surface area contributed by atoms with E-state index in [2.05, 4.69) is 9.71 Å².